The van der Waals surface area contributed by atoms with E-state index in [2.05, 4.69) is 55.8 Å². The third-order valence-corrected chi connectivity index (χ3v) is 5.59. The molecule has 1 aliphatic rings. The number of aryl methyl sites for hydroxylation is 1. The molecule has 1 fully saturated rings. The Bertz CT molecular complexity index is 1070. The summed E-state index contributed by atoms with van der Waals surface area (Å²) in [5.74, 6) is 0.659. The first kappa shape index (κ1) is 15.5. The number of nitrogens with one attached hydrogen (secondary N) is 3. The van der Waals surface area contributed by atoms with E-state index in [1.54, 1.807) is 6.20 Å². The standard InChI is InChI=1S/C20H22N6/c1-2-14-16-11-13(12-5-8-21-9-6-12)3-4-17(16)23-18(14)15-7-10-22-20-19(15)24-26-25-20/h3-4,7,10-12,21,23H,2,5-6,8-9H2,1H3,(H,22,24,25,26). The van der Waals surface area contributed by atoms with Gasteiger partial charge in [0.15, 0.2) is 0 Å². The van der Waals surface area contributed by atoms with Gasteiger partial charge in [-0.2, -0.15) is 10.3 Å². The molecule has 3 N–H and O–H groups in total. The van der Waals surface area contributed by atoms with Gasteiger partial charge in [-0.15, -0.1) is 5.10 Å². The molecule has 5 rings (SSSR count). The predicted molar refractivity (Wildman–Crippen MR) is 103 cm³/mol. The van der Waals surface area contributed by atoms with Crippen LogP contribution in [0.1, 0.15) is 36.8 Å². The van der Waals surface area contributed by atoms with Crippen molar-refractivity contribution in [1.82, 2.24) is 30.7 Å². The minimum atomic E-state index is 0.651. The van der Waals surface area contributed by atoms with Crippen molar-refractivity contribution < 1.29 is 0 Å². The summed E-state index contributed by atoms with van der Waals surface area (Å²) in [6, 6.07) is 8.93. The van der Waals surface area contributed by atoms with Crippen LogP contribution in [0, 0.1) is 0 Å². The van der Waals surface area contributed by atoms with Crippen LogP contribution in [0.4, 0.5) is 0 Å². The normalized spacial score (nSPS) is 15.9. The Morgan fingerprint density at radius 3 is 2.85 bits per heavy atom. The lowest BCUT2D eigenvalue weighted by Crippen LogP contribution is -2.26. The zero-order valence-corrected chi connectivity index (χ0v) is 14.8. The number of aromatic amines is 2. The molecule has 0 aliphatic carbocycles. The molecule has 4 aromatic rings. The van der Waals surface area contributed by atoms with Crippen molar-refractivity contribution in [1.29, 1.82) is 0 Å². The Morgan fingerprint density at radius 2 is 2.00 bits per heavy atom. The van der Waals surface area contributed by atoms with E-state index in [0.29, 0.717) is 11.6 Å². The van der Waals surface area contributed by atoms with Gasteiger partial charge in [-0.1, -0.05) is 13.0 Å². The molecule has 1 aromatic carbocycles. The smallest absolute Gasteiger partial charge is 0.202 e. The number of piperidine rings is 1. The number of benzene rings is 1. The van der Waals surface area contributed by atoms with E-state index in [9.17, 15) is 0 Å². The van der Waals surface area contributed by atoms with Gasteiger partial charge in [0, 0.05) is 22.7 Å². The highest BCUT2D eigenvalue weighted by molar-refractivity contribution is 5.96. The van der Waals surface area contributed by atoms with Gasteiger partial charge in [-0.25, -0.2) is 4.98 Å². The molecule has 3 aromatic heterocycles. The predicted octanol–water partition coefficient (Wildman–Crippen LogP) is 3.53. The molecule has 6 heteroatoms. The fourth-order valence-corrected chi connectivity index (χ4v) is 4.23. The number of hydrogen-bond acceptors (Lipinski definition) is 4. The zero-order chi connectivity index (χ0) is 17.5. The minimum absolute atomic E-state index is 0.651. The van der Waals surface area contributed by atoms with Crippen molar-refractivity contribution in [2.75, 3.05) is 13.1 Å². The Kier molecular flexibility index (Phi) is 3.71. The van der Waals surface area contributed by atoms with Gasteiger partial charge >= 0.3 is 0 Å². The Labute approximate surface area is 151 Å². The van der Waals surface area contributed by atoms with Gasteiger partial charge < -0.3 is 10.3 Å². The van der Waals surface area contributed by atoms with Gasteiger partial charge in [0.2, 0.25) is 5.65 Å². The summed E-state index contributed by atoms with van der Waals surface area (Å²) >= 11 is 0. The fourth-order valence-electron chi connectivity index (χ4n) is 4.23. The molecule has 0 atom stereocenters. The summed E-state index contributed by atoms with van der Waals surface area (Å²) in [4.78, 5) is 7.91. The fraction of sp³-hybridized carbons (Fsp3) is 0.350. The van der Waals surface area contributed by atoms with Crippen LogP contribution in [0.2, 0.25) is 0 Å². The van der Waals surface area contributed by atoms with Crippen LogP contribution in [0.3, 0.4) is 0 Å². The van der Waals surface area contributed by atoms with Crippen LogP contribution < -0.4 is 5.32 Å². The number of H-pyrrole nitrogens is 2. The van der Waals surface area contributed by atoms with Crippen LogP contribution in [0.15, 0.2) is 30.5 Å². The number of nitrogens with zero attached hydrogens (tertiary/aromatic N) is 3. The second-order valence-electron chi connectivity index (χ2n) is 7.02. The Hall–Kier alpha value is -2.73. The summed E-state index contributed by atoms with van der Waals surface area (Å²) < 4.78 is 0. The molecule has 0 radical (unpaired) electrons. The highest BCUT2D eigenvalue weighted by atomic mass is 15.3. The first-order valence-electron chi connectivity index (χ1n) is 9.36. The number of fused-ring (bicyclic) bond motifs is 2. The Balaban J connectivity index is 1.68. The van der Waals surface area contributed by atoms with Crippen LogP contribution in [0.25, 0.3) is 33.3 Å². The third kappa shape index (κ3) is 2.41. The molecule has 6 nitrogen and oxygen atoms in total. The van der Waals surface area contributed by atoms with Gasteiger partial charge in [-0.3, -0.25) is 0 Å². The number of hydrogen-bond donors (Lipinski definition) is 3. The summed E-state index contributed by atoms with van der Waals surface area (Å²) in [5, 5.41) is 15.9. The molecule has 0 spiro atoms. The number of aromatic nitrogens is 5. The quantitative estimate of drug-likeness (QED) is 0.530. The average Bonchev–Trinajstić information content (AvgIpc) is 3.32. The minimum Gasteiger partial charge on any atom is -0.354 e. The largest absolute Gasteiger partial charge is 0.354 e. The summed E-state index contributed by atoms with van der Waals surface area (Å²) in [7, 11) is 0. The molecule has 1 aliphatic heterocycles. The summed E-state index contributed by atoms with van der Waals surface area (Å²) in [5.41, 5.74) is 7.63. The highest BCUT2D eigenvalue weighted by Gasteiger charge is 2.19. The molecule has 1 saturated heterocycles. The van der Waals surface area contributed by atoms with Gasteiger partial charge in [0.1, 0.15) is 5.52 Å². The van der Waals surface area contributed by atoms with Crippen LogP contribution in [-0.4, -0.2) is 38.5 Å². The van der Waals surface area contributed by atoms with Crippen molar-refractivity contribution >= 4 is 22.1 Å². The van der Waals surface area contributed by atoms with Gasteiger partial charge in [0.25, 0.3) is 0 Å². The SMILES string of the molecule is CCc1c(-c2ccnc3n[nH]nc23)[nH]c2ccc(C3CCNCC3)cc12. The molecule has 0 saturated carbocycles. The molecule has 132 valence electrons. The molecule has 4 heterocycles. The second-order valence-corrected chi connectivity index (χ2v) is 7.02. The Morgan fingerprint density at radius 1 is 1.12 bits per heavy atom. The topological polar surface area (TPSA) is 82.3 Å². The van der Waals surface area contributed by atoms with Crippen molar-refractivity contribution in [2.24, 2.45) is 0 Å². The van der Waals surface area contributed by atoms with Gasteiger partial charge in [-0.05, 0) is 67.6 Å². The lowest BCUT2D eigenvalue weighted by atomic mass is 9.89. The molecule has 0 unspecified atom stereocenters. The lowest BCUT2D eigenvalue weighted by Gasteiger charge is -2.23. The average molecular weight is 346 g/mol. The highest BCUT2D eigenvalue weighted by Crippen LogP contribution is 2.35. The summed E-state index contributed by atoms with van der Waals surface area (Å²) in [6.07, 6.45) is 5.20. The van der Waals surface area contributed by atoms with E-state index in [0.717, 1.165) is 36.3 Å². The van der Waals surface area contributed by atoms with Crippen LogP contribution in [-0.2, 0) is 6.42 Å². The van der Waals surface area contributed by atoms with Crippen LogP contribution >= 0.6 is 0 Å². The lowest BCUT2D eigenvalue weighted by molar-refractivity contribution is 0.460. The molecule has 0 amide bonds. The first-order valence-corrected chi connectivity index (χ1v) is 9.36. The zero-order valence-electron chi connectivity index (χ0n) is 14.8. The van der Waals surface area contributed by atoms with E-state index in [1.807, 2.05) is 6.07 Å². The number of pyridine rings is 1. The van der Waals surface area contributed by atoms with Crippen molar-refractivity contribution in [3.8, 4) is 11.3 Å². The van der Waals surface area contributed by atoms with E-state index in [-0.39, 0.29) is 0 Å². The van der Waals surface area contributed by atoms with Crippen LogP contribution in [0.5, 0.6) is 0 Å². The van der Waals surface area contributed by atoms with Crippen molar-refractivity contribution in [2.45, 2.75) is 32.1 Å². The van der Waals surface area contributed by atoms with Crippen molar-refractivity contribution in [3.05, 3.63) is 41.6 Å². The molecular formula is C20H22N6. The maximum atomic E-state index is 4.31. The molecule has 26 heavy (non-hydrogen) atoms. The molecular weight excluding hydrogens is 324 g/mol. The third-order valence-electron chi connectivity index (χ3n) is 5.59. The summed E-state index contributed by atoms with van der Waals surface area (Å²) in [6.45, 7) is 4.44. The maximum absolute atomic E-state index is 4.31. The number of rotatable bonds is 3. The first-order chi connectivity index (χ1) is 12.8. The monoisotopic (exact) mass is 346 g/mol. The maximum Gasteiger partial charge on any atom is 0.202 e. The van der Waals surface area contributed by atoms with Gasteiger partial charge in [0.05, 0.1) is 5.69 Å². The van der Waals surface area contributed by atoms with E-state index < -0.39 is 0 Å². The second kappa shape index (κ2) is 6.21. The van der Waals surface area contributed by atoms with E-state index >= 15 is 0 Å². The van der Waals surface area contributed by atoms with Crippen molar-refractivity contribution in [3.63, 3.8) is 0 Å². The molecule has 0 bridgehead atoms. The van der Waals surface area contributed by atoms with E-state index in [1.165, 1.54) is 34.9 Å². The van der Waals surface area contributed by atoms with E-state index in [4.69, 9.17) is 0 Å².